The maximum atomic E-state index is 12.3. The van der Waals surface area contributed by atoms with Gasteiger partial charge in [-0.25, -0.2) is 13.4 Å². The van der Waals surface area contributed by atoms with Crippen molar-refractivity contribution in [1.82, 2.24) is 4.57 Å². The van der Waals surface area contributed by atoms with E-state index < -0.39 is 21.8 Å². The minimum Gasteiger partial charge on any atom is -0.493 e. The molecule has 4 rings (SSSR count). The average molecular weight is 380 g/mol. The second kappa shape index (κ2) is 5.33. The second-order valence-corrected chi connectivity index (χ2v) is 9.63. The molecular formula is C15H12N2O4S3. The Hall–Kier alpha value is -1.84. The molecule has 0 bridgehead atoms. The normalized spacial score (nSPS) is 21.8. The third-order valence-electron chi connectivity index (χ3n) is 4.23. The van der Waals surface area contributed by atoms with Crippen molar-refractivity contribution in [2.75, 3.05) is 11.5 Å². The van der Waals surface area contributed by atoms with Crippen LogP contribution in [0.2, 0.25) is 0 Å². The van der Waals surface area contributed by atoms with Crippen LogP contribution in [0.25, 0.3) is 5.57 Å². The van der Waals surface area contributed by atoms with Gasteiger partial charge in [-0.15, -0.1) is 11.3 Å². The third-order valence-corrected chi connectivity index (χ3v) is 7.39. The molecule has 1 aromatic carbocycles. The predicted octanol–water partition coefficient (Wildman–Crippen LogP) is 0.703. The summed E-state index contributed by atoms with van der Waals surface area (Å²) in [6.07, 6.45) is 0.407. The van der Waals surface area contributed by atoms with Crippen LogP contribution in [-0.2, 0) is 14.6 Å². The van der Waals surface area contributed by atoms with Gasteiger partial charge in [0.25, 0.3) is 5.91 Å². The molecule has 3 heterocycles. The quantitative estimate of drug-likeness (QED) is 0.775. The SMILES string of the molecule is O=C1N=c2ccccc2=C1c1sc(=S)n([C@@H]2CCS(=O)(=O)C2)c1O. The topological polar surface area (TPSA) is 88.7 Å². The minimum absolute atomic E-state index is 0.0463. The van der Waals surface area contributed by atoms with Gasteiger partial charge in [0.15, 0.2) is 13.8 Å². The molecule has 0 saturated carbocycles. The number of hydrogen-bond donors (Lipinski definition) is 1. The summed E-state index contributed by atoms with van der Waals surface area (Å²) in [5.41, 5.74) is 0.318. The molecule has 124 valence electrons. The molecule has 6 nitrogen and oxygen atoms in total. The Kier molecular flexibility index (Phi) is 3.48. The molecule has 1 amide bonds. The van der Waals surface area contributed by atoms with Crippen LogP contribution in [0.15, 0.2) is 29.3 Å². The first kappa shape index (κ1) is 15.7. The molecule has 9 heteroatoms. The smallest absolute Gasteiger partial charge is 0.279 e. The van der Waals surface area contributed by atoms with Crippen LogP contribution < -0.4 is 10.6 Å². The van der Waals surface area contributed by atoms with E-state index >= 15 is 0 Å². The van der Waals surface area contributed by atoms with Crippen molar-refractivity contribution in [1.29, 1.82) is 0 Å². The molecule has 1 atom stereocenters. The molecule has 2 aliphatic heterocycles. The summed E-state index contributed by atoms with van der Waals surface area (Å²) in [5, 5.41) is 11.9. The van der Waals surface area contributed by atoms with Crippen molar-refractivity contribution in [3.63, 3.8) is 0 Å². The Morgan fingerprint density at radius 3 is 2.79 bits per heavy atom. The highest BCUT2D eigenvalue weighted by molar-refractivity contribution is 7.91. The van der Waals surface area contributed by atoms with Crippen LogP contribution in [-0.4, -0.2) is 35.5 Å². The summed E-state index contributed by atoms with van der Waals surface area (Å²) in [4.78, 5) is 16.6. The van der Waals surface area contributed by atoms with Crippen molar-refractivity contribution < 1.29 is 18.3 Å². The summed E-state index contributed by atoms with van der Waals surface area (Å²) in [6.45, 7) is 0. The van der Waals surface area contributed by atoms with E-state index in [0.717, 1.165) is 11.3 Å². The van der Waals surface area contributed by atoms with Gasteiger partial charge in [0, 0.05) is 5.22 Å². The van der Waals surface area contributed by atoms with Gasteiger partial charge in [0.2, 0.25) is 5.88 Å². The molecule has 1 fully saturated rings. The summed E-state index contributed by atoms with van der Waals surface area (Å²) in [7, 11) is -3.11. The third kappa shape index (κ3) is 2.35. The van der Waals surface area contributed by atoms with Crippen LogP contribution in [0, 0.1) is 3.95 Å². The Labute approximate surface area is 146 Å². The molecule has 1 saturated heterocycles. The van der Waals surface area contributed by atoms with Crippen LogP contribution >= 0.6 is 23.6 Å². The highest BCUT2D eigenvalue weighted by atomic mass is 32.2. The number of aromatic hydroxyl groups is 1. The van der Waals surface area contributed by atoms with E-state index in [-0.39, 0.29) is 17.4 Å². The highest BCUT2D eigenvalue weighted by Crippen LogP contribution is 2.37. The molecule has 0 unspecified atom stereocenters. The first-order valence-corrected chi connectivity index (χ1v) is 10.3. The second-order valence-electron chi connectivity index (χ2n) is 5.76. The fourth-order valence-corrected chi connectivity index (χ4v) is 6.31. The van der Waals surface area contributed by atoms with E-state index in [4.69, 9.17) is 12.2 Å². The Bertz CT molecular complexity index is 1160. The van der Waals surface area contributed by atoms with Gasteiger partial charge in [-0.3, -0.25) is 9.36 Å². The molecule has 0 aliphatic carbocycles. The number of aromatic nitrogens is 1. The van der Waals surface area contributed by atoms with Gasteiger partial charge < -0.3 is 5.11 Å². The molecule has 0 radical (unpaired) electrons. The van der Waals surface area contributed by atoms with Gasteiger partial charge in [-0.2, -0.15) is 0 Å². The number of sulfone groups is 1. The largest absolute Gasteiger partial charge is 0.493 e. The van der Waals surface area contributed by atoms with Gasteiger partial charge in [0.1, 0.15) is 4.88 Å². The standard InChI is InChI=1S/C15H12N2O4S3/c18-13-11(9-3-1-2-4-10(9)16-13)12-14(19)17(15(22)23-12)8-5-6-24(20,21)7-8/h1-4,8,19H,5-7H2/t8-/m1/s1. The van der Waals surface area contributed by atoms with Gasteiger partial charge >= 0.3 is 0 Å². The lowest BCUT2D eigenvalue weighted by atomic mass is 10.1. The summed E-state index contributed by atoms with van der Waals surface area (Å²) < 4.78 is 25.2. The number of thiazole rings is 1. The molecular weight excluding hydrogens is 368 g/mol. The molecule has 2 aromatic rings. The number of nitrogens with zero attached hydrogens (tertiary/aromatic N) is 2. The first-order chi connectivity index (χ1) is 11.4. The summed E-state index contributed by atoms with van der Waals surface area (Å²) in [5.74, 6) is -0.538. The first-order valence-electron chi connectivity index (χ1n) is 7.25. The fourth-order valence-electron chi connectivity index (χ4n) is 3.12. The van der Waals surface area contributed by atoms with Crippen LogP contribution in [0.5, 0.6) is 5.88 Å². The lowest BCUT2D eigenvalue weighted by molar-refractivity contribution is -0.112. The average Bonchev–Trinajstić information content (AvgIpc) is 3.12. The number of fused-ring (bicyclic) bond motifs is 1. The number of benzene rings is 1. The number of rotatable bonds is 2. The summed E-state index contributed by atoms with van der Waals surface area (Å²) >= 11 is 6.42. The highest BCUT2D eigenvalue weighted by Gasteiger charge is 2.33. The van der Waals surface area contributed by atoms with Gasteiger partial charge in [0.05, 0.1) is 28.5 Å². The van der Waals surface area contributed by atoms with E-state index in [2.05, 4.69) is 4.99 Å². The molecule has 2 aliphatic rings. The van der Waals surface area contributed by atoms with E-state index in [1.165, 1.54) is 4.57 Å². The molecule has 1 N–H and O–H groups in total. The lowest BCUT2D eigenvalue weighted by Crippen LogP contribution is -2.22. The number of carbonyl (C=O) groups excluding carboxylic acids is 1. The predicted molar refractivity (Wildman–Crippen MR) is 91.9 cm³/mol. The van der Waals surface area contributed by atoms with Crippen LogP contribution in [0.1, 0.15) is 17.3 Å². The van der Waals surface area contributed by atoms with E-state index in [1.807, 2.05) is 0 Å². The van der Waals surface area contributed by atoms with Gasteiger partial charge in [-0.05, 0) is 24.7 Å². The van der Waals surface area contributed by atoms with E-state index in [0.29, 0.717) is 31.4 Å². The van der Waals surface area contributed by atoms with Crippen molar-refractivity contribution in [2.24, 2.45) is 4.99 Å². The monoisotopic (exact) mass is 380 g/mol. The molecule has 1 aromatic heterocycles. The van der Waals surface area contributed by atoms with Crippen molar-refractivity contribution in [3.05, 3.63) is 43.7 Å². The molecule has 0 spiro atoms. The van der Waals surface area contributed by atoms with E-state index in [1.54, 1.807) is 24.3 Å². The lowest BCUT2D eigenvalue weighted by Gasteiger charge is -2.11. The molecule has 24 heavy (non-hydrogen) atoms. The number of hydrogen-bond acceptors (Lipinski definition) is 6. The van der Waals surface area contributed by atoms with Crippen molar-refractivity contribution >= 4 is 44.9 Å². The van der Waals surface area contributed by atoms with Crippen molar-refractivity contribution in [2.45, 2.75) is 12.5 Å². The summed E-state index contributed by atoms with van der Waals surface area (Å²) in [6, 6.07) is 6.69. The fraction of sp³-hybridized carbons (Fsp3) is 0.267. The van der Waals surface area contributed by atoms with Crippen LogP contribution in [0.3, 0.4) is 0 Å². The van der Waals surface area contributed by atoms with Crippen LogP contribution in [0.4, 0.5) is 0 Å². The zero-order valence-corrected chi connectivity index (χ0v) is 14.7. The maximum absolute atomic E-state index is 12.3. The van der Waals surface area contributed by atoms with Crippen molar-refractivity contribution in [3.8, 4) is 5.88 Å². The zero-order chi connectivity index (χ0) is 17.1. The minimum atomic E-state index is -3.11. The van der Waals surface area contributed by atoms with Gasteiger partial charge in [-0.1, -0.05) is 18.2 Å². The Morgan fingerprint density at radius 1 is 1.33 bits per heavy atom. The Balaban J connectivity index is 1.92. The number of para-hydroxylation sites is 1. The van der Waals surface area contributed by atoms with E-state index in [9.17, 15) is 18.3 Å². The maximum Gasteiger partial charge on any atom is 0.279 e. The number of carbonyl (C=O) groups is 1. The number of amides is 1. The zero-order valence-electron chi connectivity index (χ0n) is 12.3. The Morgan fingerprint density at radius 2 is 2.08 bits per heavy atom.